The Balaban J connectivity index is 1.29. The number of nitrogens with zero attached hydrogens (tertiary/aromatic N) is 2. The lowest BCUT2D eigenvalue weighted by molar-refractivity contribution is -0.113. The van der Waals surface area contributed by atoms with Crippen molar-refractivity contribution < 1.29 is 13.9 Å². The monoisotopic (exact) mass is 419 g/mol. The molecule has 0 aliphatic carbocycles. The first-order chi connectivity index (χ1) is 14.7. The zero-order valence-corrected chi connectivity index (χ0v) is 17.3. The number of amides is 1. The first-order valence-electron chi connectivity index (χ1n) is 9.66. The molecule has 4 rings (SSSR count). The molecule has 0 radical (unpaired) electrons. The van der Waals surface area contributed by atoms with Crippen molar-refractivity contribution >= 4 is 34.1 Å². The minimum atomic E-state index is -0.136. The highest BCUT2D eigenvalue weighted by Crippen LogP contribution is 2.24. The lowest BCUT2D eigenvalue weighted by atomic mass is 10.1. The van der Waals surface area contributed by atoms with E-state index in [-0.39, 0.29) is 18.3 Å². The number of hydrogen-bond donors (Lipinski definition) is 1. The van der Waals surface area contributed by atoms with Crippen molar-refractivity contribution in [2.24, 2.45) is 0 Å². The normalized spacial score (nSPS) is 10.8. The lowest BCUT2D eigenvalue weighted by Gasteiger charge is -2.07. The molecule has 6 nitrogen and oxygen atoms in total. The molecule has 0 fully saturated rings. The maximum absolute atomic E-state index is 12.4. The Kier molecular flexibility index (Phi) is 6.29. The highest BCUT2D eigenvalue weighted by molar-refractivity contribution is 7.99. The minimum absolute atomic E-state index is 0.136. The summed E-state index contributed by atoms with van der Waals surface area (Å²) in [7, 11) is 0. The van der Waals surface area contributed by atoms with Gasteiger partial charge in [0, 0.05) is 11.1 Å². The van der Waals surface area contributed by atoms with Gasteiger partial charge in [-0.2, -0.15) is 0 Å². The van der Waals surface area contributed by atoms with Crippen LogP contribution >= 0.6 is 11.8 Å². The standard InChI is InChI=1S/C23H21N3O3S/c1-2-16-10-12-18(13-11-16)28-14-22-25-26-23(29-22)30-15-21(27)24-20-9-5-7-17-6-3-4-8-19(17)20/h3-13H,2,14-15H2,1H3,(H,24,27). The van der Waals surface area contributed by atoms with Crippen molar-refractivity contribution in [2.45, 2.75) is 25.2 Å². The van der Waals surface area contributed by atoms with E-state index in [1.165, 1.54) is 17.3 Å². The molecule has 0 saturated heterocycles. The molecule has 0 spiro atoms. The summed E-state index contributed by atoms with van der Waals surface area (Å²) < 4.78 is 11.2. The molecule has 3 aromatic carbocycles. The Morgan fingerprint density at radius 3 is 2.67 bits per heavy atom. The number of fused-ring (bicyclic) bond motifs is 1. The smallest absolute Gasteiger partial charge is 0.277 e. The van der Waals surface area contributed by atoms with Crippen LogP contribution in [-0.4, -0.2) is 21.9 Å². The number of hydrogen-bond acceptors (Lipinski definition) is 6. The lowest BCUT2D eigenvalue weighted by Crippen LogP contribution is -2.14. The van der Waals surface area contributed by atoms with E-state index in [9.17, 15) is 4.79 Å². The van der Waals surface area contributed by atoms with E-state index in [0.717, 1.165) is 28.6 Å². The van der Waals surface area contributed by atoms with Gasteiger partial charge in [0.2, 0.25) is 5.91 Å². The van der Waals surface area contributed by atoms with Gasteiger partial charge in [0.05, 0.1) is 5.75 Å². The van der Waals surface area contributed by atoms with Gasteiger partial charge in [0.1, 0.15) is 5.75 Å². The van der Waals surface area contributed by atoms with Crippen LogP contribution in [0.15, 0.2) is 76.4 Å². The average molecular weight is 420 g/mol. The van der Waals surface area contributed by atoms with Crippen molar-refractivity contribution in [1.29, 1.82) is 0 Å². The van der Waals surface area contributed by atoms with Crippen LogP contribution in [0.4, 0.5) is 5.69 Å². The quantitative estimate of drug-likeness (QED) is 0.401. The van der Waals surface area contributed by atoms with Gasteiger partial charge < -0.3 is 14.5 Å². The maximum atomic E-state index is 12.4. The predicted molar refractivity (Wildman–Crippen MR) is 118 cm³/mol. The molecule has 1 N–H and O–H groups in total. The number of rotatable bonds is 8. The number of thioether (sulfide) groups is 1. The molecule has 0 unspecified atom stereocenters. The van der Waals surface area contributed by atoms with Crippen LogP contribution in [0.25, 0.3) is 10.8 Å². The second kappa shape index (κ2) is 9.45. The third-order valence-electron chi connectivity index (χ3n) is 4.53. The molecular weight excluding hydrogens is 398 g/mol. The van der Waals surface area contributed by atoms with E-state index in [4.69, 9.17) is 9.15 Å². The molecule has 1 amide bonds. The van der Waals surface area contributed by atoms with Crippen LogP contribution in [-0.2, 0) is 17.8 Å². The first-order valence-corrected chi connectivity index (χ1v) is 10.6. The van der Waals surface area contributed by atoms with E-state index in [1.807, 2.05) is 66.7 Å². The second-order valence-corrected chi connectivity index (χ2v) is 7.54. The molecule has 0 saturated carbocycles. The molecule has 0 aliphatic heterocycles. The summed E-state index contributed by atoms with van der Waals surface area (Å²) in [6, 6.07) is 21.6. The van der Waals surface area contributed by atoms with Crippen LogP contribution in [0.1, 0.15) is 18.4 Å². The summed E-state index contributed by atoms with van der Waals surface area (Å²) in [6.45, 7) is 2.29. The van der Waals surface area contributed by atoms with E-state index in [2.05, 4.69) is 22.4 Å². The minimum Gasteiger partial charge on any atom is -0.484 e. The molecular formula is C23H21N3O3S. The summed E-state index contributed by atoms with van der Waals surface area (Å²) in [4.78, 5) is 12.4. The Morgan fingerprint density at radius 2 is 1.83 bits per heavy atom. The predicted octanol–water partition coefficient (Wildman–Crippen LogP) is 5.10. The van der Waals surface area contributed by atoms with Crippen LogP contribution < -0.4 is 10.1 Å². The number of carbonyl (C=O) groups is 1. The molecule has 0 bridgehead atoms. The number of anilines is 1. The Bertz CT molecular complexity index is 1140. The molecule has 30 heavy (non-hydrogen) atoms. The van der Waals surface area contributed by atoms with Crippen molar-refractivity contribution in [3.63, 3.8) is 0 Å². The molecule has 4 aromatic rings. The van der Waals surface area contributed by atoms with Gasteiger partial charge in [0.25, 0.3) is 11.1 Å². The number of aryl methyl sites for hydroxylation is 1. The highest BCUT2D eigenvalue weighted by atomic mass is 32.2. The zero-order chi connectivity index (χ0) is 20.8. The molecule has 0 aliphatic rings. The van der Waals surface area contributed by atoms with Gasteiger partial charge in [-0.05, 0) is 35.6 Å². The summed E-state index contributed by atoms with van der Waals surface area (Å²) in [5, 5.41) is 13.3. The molecule has 7 heteroatoms. The second-order valence-electron chi connectivity index (χ2n) is 6.61. The van der Waals surface area contributed by atoms with Gasteiger partial charge in [-0.15, -0.1) is 10.2 Å². The van der Waals surface area contributed by atoms with Gasteiger partial charge >= 0.3 is 0 Å². The fraction of sp³-hybridized carbons (Fsp3) is 0.174. The summed E-state index contributed by atoms with van der Waals surface area (Å²) in [5.41, 5.74) is 2.04. The number of aromatic nitrogens is 2. The summed E-state index contributed by atoms with van der Waals surface area (Å²) in [5.74, 6) is 1.15. The molecule has 1 aromatic heterocycles. The molecule has 0 atom stereocenters. The summed E-state index contributed by atoms with van der Waals surface area (Å²) >= 11 is 1.19. The van der Waals surface area contributed by atoms with Gasteiger partial charge in [-0.3, -0.25) is 4.79 Å². The maximum Gasteiger partial charge on any atom is 0.277 e. The summed E-state index contributed by atoms with van der Waals surface area (Å²) in [6.07, 6.45) is 0.985. The van der Waals surface area contributed by atoms with E-state index >= 15 is 0 Å². The van der Waals surface area contributed by atoms with Crippen molar-refractivity contribution in [1.82, 2.24) is 10.2 Å². The fourth-order valence-corrected chi connectivity index (χ4v) is 3.55. The Hall–Kier alpha value is -3.32. The third kappa shape index (κ3) is 4.99. The largest absolute Gasteiger partial charge is 0.484 e. The number of nitrogens with one attached hydrogen (secondary N) is 1. The third-order valence-corrected chi connectivity index (χ3v) is 5.35. The zero-order valence-electron chi connectivity index (χ0n) is 16.5. The number of benzene rings is 3. The average Bonchev–Trinajstić information content (AvgIpc) is 3.25. The fourth-order valence-electron chi connectivity index (χ4n) is 2.97. The van der Waals surface area contributed by atoms with E-state index < -0.39 is 0 Å². The number of ether oxygens (including phenoxy) is 1. The van der Waals surface area contributed by atoms with Gasteiger partial charge in [0.15, 0.2) is 6.61 Å². The SMILES string of the molecule is CCc1ccc(OCc2nnc(SCC(=O)Nc3cccc4ccccc34)o2)cc1. The topological polar surface area (TPSA) is 77.2 Å². The van der Waals surface area contributed by atoms with Crippen molar-refractivity contribution in [3.05, 3.63) is 78.2 Å². The van der Waals surface area contributed by atoms with Gasteiger partial charge in [-0.25, -0.2) is 0 Å². The van der Waals surface area contributed by atoms with Crippen molar-refractivity contribution in [2.75, 3.05) is 11.1 Å². The molecule has 1 heterocycles. The number of carbonyl (C=O) groups excluding carboxylic acids is 1. The first kappa shape index (κ1) is 20.0. The molecule has 152 valence electrons. The van der Waals surface area contributed by atoms with Crippen LogP contribution in [0.5, 0.6) is 5.75 Å². The van der Waals surface area contributed by atoms with E-state index in [0.29, 0.717) is 11.1 Å². The van der Waals surface area contributed by atoms with Crippen molar-refractivity contribution in [3.8, 4) is 5.75 Å². The van der Waals surface area contributed by atoms with E-state index in [1.54, 1.807) is 0 Å². The Labute approximate surface area is 178 Å². The van der Waals surface area contributed by atoms with Gasteiger partial charge in [-0.1, -0.05) is 67.2 Å². The van der Waals surface area contributed by atoms with Crippen LogP contribution in [0, 0.1) is 0 Å². The van der Waals surface area contributed by atoms with Crippen LogP contribution in [0.2, 0.25) is 0 Å². The highest BCUT2D eigenvalue weighted by Gasteiger charge is 2.11. The van der Waals surface area contributed by atoms with Crippen LogP contribution in [0.3, 0.4) is 0 Å². The Morgan fingerprint density at radius 1 is 1.03 bits per heavy atom.